The molecule has 4 bridgehead atoms. The maximum Gasteiger partial charge on any atom is 0.344 e. The van der Waals surface area contributed by atoms with E-state index in [1.165, 1.54) is 7.11 Å². The van der Waals surface area contributed by atoms with Crippen LogP contribution in [0.4, 0.5) is 0 Å². The lowest BCUT2D eigenvalue weighted by atomic mass is 9.48. The monoisotopic (exact) mass is 366 g/mol. The molecule has 6 heteroatoms. The number of rotatable bonds is 6. The number of ether oxygens (including phenoxy) is 3. The van der Waals surface area contributed by atoms with Crippen LogP contribution in [0.1, 0.15) is 65.7 Å². The molecule has 0 amide bonds. The van der Waals surface area contributed by atoms with Gasteiger partial charge in [-0.2, -0.15) is 0 Å². The Morgan fingerprint density at radius 1 is 1.08 bits per heavy atom. The Balaban J connectivity index is 1.65. The third-order valence-corrected chi connectivity index (χ3v) is 6.71. The second-order valence-corrected chi connectivity index (χ2v) is 9.20. The molecular weight excluding hydrogens is 336 g/mol. The fourth-order valence-electron chi connectivity index (χ4n) is 5.49. The zero-order valence-corrected chi connectivity index (χ0v) is 16.3. The third-order valence-electron chi connectivity index (χ3n) is 6.71. The molecule has 0 N–H and O–H groups in total. The molecule has 4 saturated carbocycles. The van der Waals surface area contributed by atoms with Crippen molar-refractivity contribution in [2.24, 2.45) is 22.7 Å². The molecule has 0 heterocycles. The minimum Gasteiger partial charge on any atom is -0.469 e. The predicted octanol–water partition coefficient (Wildman–Crippen LogP) is 3.02. The molecule has 0 aromatic carbocycles. The van der Waals surface area contributed by atoms with E-state index in [0.717, 1.165) is 32.1 Å². The van der Waals surface area contributed by atoms with Crippen LogP contribution in [-0.2, 0) is 28.6 Å². The second kappa shape index (κ2) is 6.54. The van der Waals surface area contributed by atoms with Crippen LogP contribution in [0.5, 0.6) is 0 Å². The summed E-state index contributed by atoms with van der Waals surface area (Å²) in [6, 6.07) is 0. The Morgan fingerprint density at radius 2 is 1.69 bits per heavy atom. The molecule has 0 radical (unpaired) electrons. The molecular formula is C20H30O6. The smallest absolute Gasteiger partial charge is 0.344 e. The van der Waals surface area contributed by atoms with Crippen LogP contribution in [0.3, 0.4) is 0 Å². The van der Waals surface area contributed by atoms with Crippen LogP contribution in [-0.4, -0.2) is 37.2 Å². The summed E-state index contributed by atoms with van der Waals surface area (Å²) >= 11 is 0. The molecule has 0 spiro atoms. The Labute approximate surface area is 154 Å². The number of carbonyl (C=O) groups is 3. The minimum absolute atomic E-state index is 0.178. The summed E-state index contributed by atoms with van der Waals surface area (Å²) in [5.74, 6) is -0.307. The van der Waals surface area contributed by atoms with Gasteiger partial charge in [0.05, 0.1) is 17.9 Å². The third kappa shape index (κ3) is 3.35. The van der Waals surface area contributed by atoms with Gasteiger partial charge >= 0.3 is 17.9 Å². The van der Waals surface area contributed by atoms with E-state index in [2.05, 4.69) is 0 Å². The molecule has 6 nitrogen and oxygen atoms in total. The van der Waals surface area contributed by atoms with Crippen LogP contribution >= 0.6 is 0 Å². The van der Waals surface area contributed by atoms with Crippen molar-refractivity contribution in [2.75, 3.05) is 13.7 Å². The van der Waals surface area contributed by atoms with Crippen molar-refractivity contribution in [1.82, 2.24) is 0 Å². The highest BCUT2D eigenvalue weighted by Crippen LogP contribution is 2.63. The molecule has 2 atom stereocenters. The topological polar surface area (TPSA) is 78.9 Å². The van der Waals surface area contributed by atoms with Crippen LogP contribution in [0.15, 0.2) is 0 Å². The van der Waals surface area contributed by atoms with Gasteiger partial charge in [0.15, 0.2) is 6.61 Å². The molecule has 4 aliphatic carbocycles. The minimum atomic E-state index is -0.615. The molecule has 2 unspecified atom stereocenters. The lowest BCUT2D eigenvalue weighted by molar-refractivity contribution is -0.214. The van der Waals surface area contributed by atoms with Gasteiger partial charge in [-0.15, -0.1) is 0 Å². The van der Waals surface area contributed by atoms with Gasteiger partial charge in [0.25, 0.3) is 0 Å². The second-order valence-electron chi connectivity index (χ2n) is 9.20. The van der Waals surface area contributed by atoms with Crippen molar-refractivity contribution in [3.63, 3.8) is 0 Å². The maximum atomic E-state index is 12.4. The van der Waals surface area contributed by atoms with E-state index >= 15 is 0 Å². The summed E-state index contributed by atoms with van der Waals surface area (Å²) in [7, 11) is 1.43. The van der Waals surface area contributed by atoms with Crippen LogP contribution < -0.4 is 0 Å². The lowest BCUT2D eigenvalue weighted by Crippen LogP contribution is -2.60. The van der Waals surface area contributed by atoms with E-state index in [9.17, 15) is 14.4 Å². The van der Waals surface area contributed by atoms with Gasteiger partial charge in [-0.05, 0) is 64.2 Å². The van der Waals surface area contributed by atoms with Gasteiger partial charge in [-0.25, -0.2) is 4.79 Å². The Bertz CT molecular complexity index is 593. The molecule has 4 aliphatic rings. The summed E-state index contributed by atoms with van der Waals surface area (Å²) in [5, 5.41) is 0. The lowest BCUT2D eigenvalue weighted by Gasteiger charge is -2.59. The summed E-state index contributed by atoms with van der Waals surface area (Å²) in [5.41, 5.74) is -1.74. The number of hydrogen-bond acceptors (Lipinski definition) is 6. The van der Waals surface area contributed by atoms with Crippen molar-refractivity contribution < 1.29 is 28.6 Å². The van der Waals surface area contributed by atoms with Crippen molar-refractivity contribution >= 4 is 17.9 Å². The Kier molecular flexibility index (Phi) is 4.82. The van der Waals surface area contributed by atoms with E-state index in [1.54, 1.807) is 13.8 Å². The van der Waals surface area contributed by atoms with Gasteiger partial charge in [0, 0.05) is 6.42 Å². The van der Waals surface area contributed by atoms with Crippen LogP contribution in [0.25, 0.3) is 0 Å². The summed E-state index contributed by atoms with van der Waals surface area (Å²) < 4.78 is 16.1. The molecule has 0 aliphatic heterocycles. The maximum absolute atomic E-state index is 12.4. The standard InChI is InChI=1S/C20H30O6/c1-5-18(2,3)16(22)25-11-15(21)26-20-9-13-6-14(10-20)8-19(7-13,12-20)17(23)24-4/h13-14H,5-12H2,1-4H3. The first-order valence-electron chi connectivity index (χ1n) is 9.61. The fourth-order valence-corrected chi connectivity index (χ4v) is 5.49. The van der Waals surface area contributed by atoms with Crippen molar-refractivity contribution in [3.8, 4) is 0 Å². The zero-order chi connectivity index (χ0) is 19.2. The Hall–Kier alpha value is -1.59. The largest absolute Gasteiger partial charge is 0.469 e. The van der Waals surface area contributed by atoms with Crippen LogP contribution in [0.2, 0.25) is 0 Å². The highest BCUT2D eigenvalue weighted by Gasteiger charge is 2.62. The van der Waals surface area contributed by atoms with Crippen molar-refractivity contribution in [2.45, 2.75) is 71.3 Å². The average Bonchev–Trinajstić information content (AvgIpc) is 2.57. The van der Waals surface area contributed by atoms with Crippen molar-refractivity contribution in [1.29, 1.82) is 0 Å². The molecule has 0 aromatic rings. The van der Waals surface area contributed by atoms with E-state index in [-0.39, 0.29) is 12.6 Å². The van der Waals surface area contributed by atoms with E-state index in [0.29, 0.717) is 24.7 Å². The highest BCUT2D eigenvalue weighted by atomic mass is 16.6. The van der Waals surface area contributed by atoms with Gasteiger partial charge in [-0.3, -0.25) is 9.59 Å². The van der Waals surface area contributed by atoms with E-state index in [1.807, 2.05) is 6.92 Å². The molecule has 4 fully saturated rings. The molecule has 26 heavy (non-hydrogen) atoms. The quantitative estimate of drug-likeness (QED) is 0.531. The first-order valence-corrected chi connectivity index (χ1v) is 9.61. The molecule has 0 aromatic heterocycles. The predicted molar refractivity (Wildman–Crippen MR) is 93.0 cm³/mol. The zero-order valence-electron chi connectivity index (χ0n) is 16.3. The number of esters is 3. The molecule has 146 valence electrons. The molecule has 4 rings (SSSR count). The number of methoxy groups -OCH3 is 1. The van der Waals surface area contributed by atoms with Crippen molar-refractivity contribution in [3.05, 3.63) is 0 Å². The van der Waals surface area contributed by atoms with E-state index < -0.39 is 28.4 Å². The van der Waals surface area contributed by atoms with Gasteiger partial charge < -0.3 is 14.2 Å². The SMILES string of the molecule is CCC(C)(C)C(=O)OCC(=O)OC12CC3CC(C1)CC(C(=O)OC)(C3)C2. The highest BCUT2D eigenvalue weighted by molar-refractivity contribution is 5.80. The number of hydrogen-bond donors (Lipinski definition) is 0. The van der Waals surface area contributed by atoms with Crippen LogP contribution in [0, 0.1) is 22.7 Å². The Morgan fingerprint density at radius 3 is 2.23 bits per heavy atom. The fraction of sp³-hybridized carbons (Fsp3) is 0.850. The van der Waals surface area contributed by atoms with E-state index in [4.69, 9.17) is 14.2 Å². The average molecular weight is 366 g/mol. The first kappa shape index (κ1) is 19.2. The number of carbonyl (C=O) groups excluding carboxylic acids is 3. The molecule has 0 saturated heterocycles. The summed E-state index contributed by atoms with van der Waals surface area (Å²) in [4.78, 5) is 36.8. The summed E-state index contributed by atoms with van der Waals surface area (Å²) in [6.07, 6.45) is 5.50. The first-order chi connectivity index (χ1) is 12.1. The summed E-state index contributed by atoms with van der Waals surface area (Å²) in [6.45, 7) is 5.12. The van der Waals surface area contributed by atoms with Gasteiger partial charge in [0.2, 0.25) is 0 Å². The normalized spacial score (nSPS) is 35.1. The van der Waals surface area contributed by atoms with Gasteiger partial charge in [0.1, 0.15) is 5.60 Å². The van der Waals surface area contributed by atoms with Gasteiger partial charge in [-0.1, -0.05) is 6.92 Å².